The molecule has 3 aromatic rings. The van der Waals surface area contributed by atoms with Crippen molar-refractivity contribution in [3.63, 3.8) is 0 Å². The van der Waals surface area contributed by atoms with Gasteiger partial charge in [-0.05, 0) is 66.5 Å². The summed E-state index contributed by atoms with van der Waals surface area (Å²) in [6.07, 6.45) is -0.0214. The number of nitrogens with zero attached hydrogens (tertiary/aromatic N) is 2. The third kappa shape index (κ3) is 8.87. The van der Waals surface area contributed by atoms with Crippen LogP contribution in [0.3, 0.4) is 0 Å². The third-order valence-corrected chi connectivity index (χ3v) is 5.94. The number of hydrogen-bond donors (Lipinski definition) is 3. The van der Waals surface area contributed by atoms with E-state index in [0.29, 0.717) is 6.54 Å². The average Bonchev–Trinajstić information content (AvgIpc) is 2.90. The van der Waals surface area contributed by atoms with Crippen LogP contribution in [0, 0.1) is 0 Å². The van der Waals surface area contributed by atoms with E-state index in [1.807, 2.05) is 36.4 Å². The molecule has 1 amide bonds. The summed E-state index contributed by atoms with van der Waals surface area (Å²) in [5, 5.41) is 8.66. The van der Waals surface area contributed by atoms with Crippen LogP contribution in [0.2, 0.25) is 0 Å². The number of likely N-dealkylation sites (N-methyl/N-ethyl adjacent to an activating group) is 1. The number of hydrogen-bond acceptors (Lipinski definition) is 5. The fourth-order valence-electron chi connectivity index (χ4n) is 3.98. The summed E-state index contributed by atoms with van der Waals surface area (Å²) in [5.74, 6) is -0.439. The quantitative estimate of drug-likeness (QED) is 0.258. The SMILES string of the molecule is CCCN(CC)CCNCc1ccc(NC(=O)CNc2ccc(-c3cccnc3)cc2)cc1C(F)(F)F. The lowest BCUT2D eigenvalue weighted by molar-refractivity contribution is -0.138. The number of carbonyl (C=O) groups excluding carboxylic acids is 1. The first-order valence-electron chi connectivity index (χ1n) is 12.5. The van der Waals surface area contributed by atoms with Crippen LogP contribution in [0.25, 0.3) is 11.1 Å². The highest BCUT2D eigenvalue weighted by Gasteiger charge is 2.33. The largest absolute Gasteiger partial charge is 0.416 e. The number of alkyl halides is 3. The molecule has 0 unspecified atom stereocenters. The van der Waals surface area contributed by atoms with Gasteiger partial charge >= 0.3 is 6.18 Å². The number of anilines is 2. The Morgan fingerprint density at radius 2 is 1.73 bits per heavy atom. The highest BCUT2D eigenvalue weighted by Crippen LogP contribution is 2.34. The first-order chi connectivity index (χ1) is 17.8. The molecular weight excluding hydrogens is 479 g/mol. The van der Waals surface area contributed by atoms with Gasteiger partial charge in [0, 0.05) is 43.4 Å². The molecule has 0 atom stereocenters. The molecule has 2 aromatic carbocycles. The van der Waals surface area contributed by atoms with Crippen LogP contribution in [-0.2, 0) is 17.5 Å². The number of rotatable bonds is 13. The van der Waals surface area contributed by atoms with Crippen molar-refractivity contribution in [2.24, 2.45) is 0 Å². The zero-order valence-corrected chi connectivity index (χ0v) is 21.2. The van der Waals surface area contributed by atoms with Gasteiger partial charge in [0.25, 0.3) is 0 Å². The molecule has 0 radical (unpaired) electrons. The fraction of sp³-hybridized carbons (Fsp3) is 0.357. The molecule has 0 aliphatic carbocycles. The number of benzene rings is 2. The molecule has 6 nitrogen and oxygen atoms in total. The summed E-state index contributed by atoms with van der Waals surface area (Å²) in [7, 11) is 0. The zero-order chi connectivity index (χ0) is 26.7. The van der Waals surface area contributed by atoms with Gasteiger partial charge in [-0.3, -0.25) is 9.78 Å². The van der Waals surface area contributed by atoms with Gasteiger partial charge < -0.3 is 20.9 Å². The van der Waals surface area contributed by atoms with Gasteiger partial charge in [-0.25, -0.2) is 0 Å². The summed E-state index contributed by atoms with van der Waals surface area (Å²) < 4.78 is 41.2. The van der Waals surface area contributed by atoms with E-state index in [9.17, 15) is 18.0 Å². The highest BCUT2D eigenvalue weighted by molar-refractivity contribution is 5.94. The first-order valence-corrected chi connectivity index (χ1v) is 12.5. The maximum atomic E-state index is 13.7. The molecule has 1 aromatic heterocycles. The molecule has 9 heteroatoms. The van der Waals surface area contributed by atoms with E-state index in [0.717, 1.165) is 48.9 Å². The smallest absolute Gasteiger partial charge is 0.376 e. The minimum Gasteiger partial charge on any atom is -0.376 e. The Morgan fingerprint density at radius 3 is 2.38 bits per heavy atom. The second kappa shape index (κ2) is 13.8. The van der Waals surface area contributed by atoms with Gasteiger partial charge in [-0.15, -0.1) is 0 Å². The normalized spacial score (nSPS) is 11.5. The second-order valence-corrected chi connectivity index (χ2v) is 8.70. The number of aromatic nitrogens is 1. The van der Waals surface area contributed by atoms with Crippen molar-refractivity contribution in [3.8, 4) is 11.1 Å². The first kappa shape index (κ1) is 28.1. The maximum absolute atomic E-state index is 13.7. The topological polar surface area (TPSA) is 69.3 Å². The molecule has 3 rings (SSSR count). The van der Waals surface area contributed by atoms with Crippen LogP contribution in [0.5, 0.6) is 0 Å². The van der Waals surface area contributed by atoms with E-state index in [2.05, 4.69) is 39.7 Å². The van der Waals surface area contributed by atoms with Gasteiger partial charge in [0.1, 0.15) is 0 Å². The number of pyridine rings is 1. The van der Waals surface area contributed by atoms with Gasteiger partial charge in [0.15, 0.2) is 0 Å². The lowest BCUT2D eigenvalue weighted by Gasteiger charge is -2.20. The van der Waals surface area contributed by atoms with Crippen LogP contribution in [-0.4, -0.2) is 48.5 Å². The number of carbonyl (C=O) groups is 1. The van der Waals surface area contributed by atoms with Crippen LogP contribution >= 0.6 is 0 Å². The number of nitrogens with one attached hydrogen (secondary N) is 3. The lowest BCUT2D eigenvalue weighted by Crippen LogP contribution is -2.32. The Hall–Kier alpha value is -3.43. The van der Waals surface area contributed by atoms with Gasteiger partial charge in [-0.1, -0.05) is 38.1 Å². The Balaban J connectivity index is 1.54. The summed E-state index contributed by atoms with van der Waals surface area (Å²) in [6.45, 7) is 7.43. The van der Waals surface area contributed by atoms with E-state index >= 15 is 0 Å². The van der Waals surface area contributed by atoms with Gasteiger partial charge in [0.05, 0.1) is 12.1 Å². The molecule has 0 saturated heterocycles. The van der Waals surface area contributed by atoms with Crippen molar-refractivity contribution in [1.29, 1.82) is 0 Å². The van der Waals surface area contributed by atoms with Crippen molar-refractivity contribution in [2.75, 3.05) is 43.4 Å². The van der Waals surface area contributed by atoms with Crippen molar-refractivity contribution in [1.82, 2.24) is 15.2 Å². The highest BCUT2D eigenvalue weighted by atomic mass is 19.4. The molecule has 0 saturated carbocycles. The maximum Gasteiger partial charge on any atom is 0.416 e. The Labute approximate surface area is 216 Å². The molecule has 0 bridgehead atoms. The van der Waals surface area contributed by atoms with Crippen LogP contribution in [0.1, 0.15) is 31.4 Å². The molecule has 0 fully saturated rings. The van der Waals surface area contributed by atoms with Crippen molar-refractivity contribution < 1.29 is 18.0 Å². The standard InChI is InChI=1S/C28H34F3N5O/c1-3-15-36(4-2)16-14-33-19-23-9-12-25(17-26(23)28(29,30)31)35-27(37)20-34-24-10-7-21(8-11-24)22-6-5-13-32-18-22/h5-13,17-18,33-34H,3-4,14-16,19-20H2,1-2H3,(H,35,37). The van der Waals surface area contributed by atoms with E-state index < -0.39 is 17.6 Å². The third-order valence-electron chi connectivity index (χ3n) is 5.94. The Kier molecular flexibility index (Phi) is 10.5. The average molecular weight is 514 g/mol. The molecule has 1 heterocycles. The fourth-order valence-corrected chi connectivity index (χ4v) is 3.98. The minimum absolute atomic E-state index is 0.0808. The van der Waals surface area contributed by atoms with Crippen LogP contribution in [0.15, 0.2) is 67.0 Å². The zero-order valence-electron chi connectivity index (χ0n) is 21.2. The summed E-state index contributed by atoms with van der Waals surface area (Å²) >= 11 is 0. The summed E-state index contributed by atoms with van der Waals surface area (Å²) in [5.41, 5.74) is 2.19. The van der Waals surface area contributed by atoms with Crippen molar-refractivity contribution in [3.05, 3.63) is 78.1 Å². The lowest BCUT2D eigenvalue weighted by atomic mass is 10.1. The monoisotopic (exact) mass is 513 g/mol. The molecular formula is C28H34F3N5O. The van der Waals surface area contributed by atoms with Gasteiger partial charge in [-0.2, -0.15) is 13.2 Å². The molecule has 0 aliphatic rings. The molecule has 0 aliphatic heterocycles. The minimum atomic E-state index is -4.52. The number of halogens is 3. The summed E-state index contributed by atoms with van der Waals surface area (Å²) in [4.78, 5) is 18.7. The van der Waals surface area contributed by atoms with Crippen LogP contribution in [0.4, 0.5) is 24.5 Å². The van der Waals surface area contributed by atoms with Crippen LogP contribution < -0.4 is 16.0 Å². The van der Waals surface area contributed by atoms with Gasteiger partial charge in [0.2, 0.25) is 5.91 Å². The molecule has 37 heavy (non-hydrogen) atoms. The van der Waals surface area contributed by atoms with E-state index in [-0.39, 0.29) is 24.3 Å². The van der Waals surface area contributed by atoms with Crippen molar-refractivity contribution >= 4 is 17.3 Å². The molecule has 3 N–H and O–H groups in total. The Morgan fingerprint density at radius 1 is 0.973 bits per heavy atom. The molecule has 0 spiro atoms. The number of amides is 1. The predicted octanol–water partition coefficient (Wildman–Crippen LogP) is 5.64. The summed E-state index contributed by atoms with van der Waals surface area (Å²) in [6, 6.07) is 15.2. The Bertz CT molecular complexity index is 1120. The second-order valence-electron chi connectivity index (χ2n) is 8.70. The van der Waals surface area contributed by atoms with E-state index in [1.54, 1.807) is 12.4 Å². The molecule has 198 valence electrons. The van der Waals surface area contributed by atoms with E-state index in [4.69, 9.17) is 0 Å². The van der Waals surface area contributed by atoms with Crippen molar-refractivity contribution in [2.45, 2.75) is 33.0 Å². The predicted molar refractivity (Wildman–Crippen MR) is 142 cm³/mol. The van der Waals surface area contributed by atoms with E-state index in [1.165, 1.54) is 12.1 Å².